The molecule has 3 rings (SSSR count). The Labute approximate surface area is 165 Å². The Morgan fingerprint density at radius 2 is 1.96 bits per heavy atom. The summed E-state index contributed by atoms with van der Waals surface area (Å²) < 4.78 is 0. The lowest BCUT2D eigenvalue weighted by Crippen LogP contribution is -2.28. The average Bonchev–Trinajstić information content (AvgIpc) is 3.01. The standard InChI is InChI=1S/C18H15Cl2N3O4/c1-10-2-3-12(7-15(10)20)22-9-11(6-17(22)24)18(25)21-16-8-13(23(26)27)4-5-14(16)19/h2-5,7-8,11H,6,9H2,1H3,(H,21,25)/t11-/m0/s1. The lowest BCUT2D eigenvalue weighted by Gasteiger charge is -2.17. The van der Waals surface area contributed by atoms with Crippen molar-refractivity contribution in [2.24, 2.45) is 5.92 Å². The van der Waals surface area contributed by atoms with Gasteiger partial charge in [-0.3, -0.25) is 19.7 Å². The highest BCUT2D eigenvalue weighted by atomic mass is 35.5. The first kappa shape index (κ1) is 19.1. The van der Waals surface area contributed by atoms with Crippen LogP contribution >= 0.6 is 23.2 Å². The molecule has 1 heterocycles. The molecule has 0 saturated carbocycles. The molecule has 1 aliphatic rings. The second kappa shape index (κ2) is 7.54. The molecule has 0 aliphatic carbocycles. The molecular weight excluding hydrogens is 393 g/mol. The zero-order chi connectivity index (χ0) is 19.7. The monoisotopic (exact) mass is 407 g/mol. The van der Waals surface area contributed by atoms with Crippen LogP contribution in [-0.4, -0.2) is 23.3 Å². The molecule has 1 atom stereocenters. The fourth-order valence-electron chi connectivity index (χ4n) is 2.84. The van der Waals surface area contributed by atoms with Gasteiger partial charge in [-0.15, -0.1) is 0 Å². The quantitative estimate of drug-likeness (QED) is 0.606. The number of aryl methyl sites for hydroxylation is 1. The molecule has 2 aromatic rings. The summed E-state index contributed by atoms with van der Waals surface area (Å²) in [5.41, 5.74) is 1.47. The number of nitro benzene ring substituents is 1. The maximum atomic E-state index is 12.5. The number of anilines is 2. The van der Waals surface area contributed by atoms with Gasteiger partial charge in [-0.05, 0) is 30.7 Å². The van der Waals surface area contributed by atoms with Crippen molar-refractivity contribution in [1.82, 2.24) is 0 Å². The van der Waals surface area contributed by atoms with Gasteiger partial charge >= 0.3 is 0 Å². The normalized spacial score (nSPS) is 16.5. The molecule has 1 N–H and O–H groups in total. The van der Waals surface area contributed by atoms with Crippen LogP contribution in [0.5, 0.6) is 0 Å². The van der Waals surface area contributed by atoms with Crippen molar-refractivity contribution in [3.63, 3.8) is 0 Å². The predicted octanol–water partition coefficient (Wildman–Crippen LogP) is 4.20. The van der Waals surface area contributed by atoms with Gasteiger partial charge in [0.1, 0.15) is 0 Å². The van der Waals surface area contributed by atoms with Gasteiger partial charge in [-0.25, -0.2) is 0 Å². The summed E-state index contributed by atoms with van der Waals surface area (Å²) in [6.07, 6.45) is 0.0316. The van der Waals surface area contributed by atoms with Gasteiger partial charge in [0.25, 0.3) is 5.69 Å². The van der Waals surface area contributed by atoms with E-state index < -0.39 is 16.7 Å². The number of carbonyl (C=O) groups is 2. The summed E-state index contributed by atoms with van der Waals surface area (Å²) >= 11 is 12.1. The maximum Gasteiger partial charge on any atom is 0.271 e. The topological polar surface area (TPSA) is 92.6 Å². The van der Waals surface area contributed by atoms with Crippen LogP contribution < -0.4 is 10.2 Å². The van der Waals surface area contributed by atoms with Crippen molar-refractivity contribution in [3.05, 3.63) is 62.1 Å². The first-order valence-electron chi connectivity index (χ1n) is 8.07. The van der Waals surface area contributed by atoms with Crippen molar-refractivity contribution < 1.29 is 14.5 Å². The fourth-order valence-corrected chi connectivity index (χ4v) is 3.18. The van der Waals surface area contributed by atoms with E-state index in [9.17, 15) is 19.7 Å². The number of nitrogens with zero attached hydrogens (tertiary/aromatic N) is 2. The smallest absolute Gasteiger partial charge is 0.271 e. The van der Waals surface area contributed by atoms with Crippen LogP contribution in [0.1, 0.15) is 12.0 Å². The number of hydrogen-bond acceptors (Lipinski definition) is 4. The van der Waals surface area contributed by atoms with Crippen LogP contribution in [0.15, 0.2) is 36.4 Å². The SMILES string of the molecule is Cc1ccc(N2C[C@@H](C(=O)Nc3cc([N+](=O)[O-])ccc3Cl)CC2=O)cc1Cl. The van der Waals surface area contributed by atoms with Crippen LogP contribution in [0.2, 0.25) is 10.0 Å². The summed E-state index contributed by atoms with van der Waals surface area (Å²) in [6.45, 7) is 2.05. The van der Waals surface area contributed by atoms with Crippen LogP contribution in [0.25, 0.3) is 0 Å². The van der Waals surface area contributed by atoms with Gasteiger partial charge in [-0.1, -0.05) is 29.3 Å². The maximum absolute atomic E-state index is 12.5. The summed E-state index contributed by atoms with van der Waals surface area (Å²) in [4.78, 5) is 36.7. The number of rotatable bonds is 4. The molecule has 0 aromatic heterocycles. The third kappa shape index (κ3) is 4.04. The van der Waals surface area contributed by atoms with E-state index in [0.717, 1.165) is 5.56 Å². The van der Waals surface area contributed by atoms with E-state index in [1.807, 2.05) is 6.92 Å². The van der Waals surface area contributed by atoms with Crippen molar-refractivity contribution >= 4 is 52.1 Å². The van der Waals surface area contributed by atoms with Gasteiger partial charge < -0.3 is 10.2 Å². The van der Waals surface area contributed by atoms with Crippen molar-refractivity contribution in [2.75, 3.05) is 16.8 Å². The third-order valence-electron chi connectivity index (χ3n) is 4.38. The highest BCUT2D eigenvalue weighted by Gasteiger charge is 2.35. The number of carbonyl (C=O) groups excluding carboxylic acids is 2. The van der Waals surface area contributed by atoms with E-state index in [1.165, 1.54) is 23.1 Å². The van der Waals surface area contributed by atoms with E-state index in [-0.39, 0.29) is 35.3 Å². The number of amides is 2. The van der Waals surface area contributed by atoms with Crippen LogP contribution in [0, 0.1) is 23.0 Å². The van der Waals surface area contributed by atoms with Crippen molar-refractivity contribution in [3.8, 4) is 0 Å². The summed E-state index contributed by atoms with van der Waals surface area (Å²) in [5.74, 6) is -1.22. The molecule has 2 amide bonds. The van der Waals surface area contributed by atoms with Gasteiger partial charge in [0.2, 0.25) is 11.8 Å². The first-order chi connectivity index (χ1) is 12.8. The van der Waals surface area contributed by atoms with Crippen molar-refractivity contribution in [1.29, 1.82) is 0 Å². The number of nitrogens with one attached hydrogen (secondary N) is 1. The Kier molecular flexibility index (Phi) is 5.34. The third-order valence-corrected chi connectivity index (χ3v) is 5.12. The highest BCUT2D eigenvalue weighted by Crippen LogP contribution is 2.31. The van der Waals surface area contributed by atoms with E-state index in [1.54, 1.807) is 18.2 Å². The van der Waals surface area contributed by atoms with E-state index >= 15 is 0 Å². The molecule has 2 aromatic carbocycles. The average molecular weight is 408 g/mol. The van der Waals surface area contributed by atoms with Crippen molar-refractivity contribution in [2.45, 2.75) is 13.3 Å². The number of non-ortho nitro benzene ring substituents is 1. The molecule has 27 heavy (non-hydrogen) atoms. The second-order valence-corrected chi connectivity index (χ2v) is 7.06. The summed E-state index contributed by atoms with van der Waals surface area (Å²) in [7, 11) is 0. The predicted molar refractivity (Wildman–Crippen MR) is 103 cm³/mol. The Morgan fingerprint density at radius 1 is 1.22 bits per heavy atom. The number of halogens is 2. The molecule has 0 radical (unpaired) electrons. The molecular formula is C18H15Cl2N3O4. The number of benzene rings is 2. The minimum absolute atomic E-state index is 0.0316. The van der Waals surface area contributed by atoms with E-state index in [0.29, 0.717) is 10.7 Å². The Morgan fingerprint density at radius 3 is 2.63 bits per heavy atom. The molecule has 9 heteroatoms. The fraction of sp³-hybridized carbons (Fsp3) is 0.222. The Balaban J connectivity index is 1.75. The molecule has 0 bridgehead atoms. The molecule has 1 aliphatic heterocycles. The first-order valence-corrected chi connectivity index (χ1v) is 8.83. The van der Waals surface area contributed by atoms with Gasteiger partial charge in [0.15, 0.2) is 0 Å². The van der Waals surface area contributed by atoms with Gasteiger partial charge in [0, 0.05) is 35.8 Å². The van der Waals surface area contributed by atoms with Crippen LogP contribution in [0.3, 0.4) is 0 Å². The lowest BCUT2D eigenvalue weighted by molar-refractivity contribution is -0.384. The number of hydrogen-bond donors (Lipinski definition) is 1. The minimum atomic E-state index is -0.604. The lowest BCUT2D eigenvalue weighted by atomic mass is 10.1. The zero-order valence-corrected chi connectivity index (χ0v) is 15.8. The minimum Gasteiger partial charge on any atom is -0.324 e. The number of nitro groups is 1. The summed E-state index contributed by atoms with van der Waals surface area (Å²) in [5, 5.41) is 14.2. The summed E-state index contributed by atoms with van der Waals surface area (Å²) in [6, 6.07) is 9.05. The Bertz CT molecular complexity index is 948. The Hall–Kier alpha value is -2.64. The van der Waals surface area contributed by atoms with Gasteiger partial charge in [-0.2, -0.15) is 0 Å². The van der Waals surface area contributed by atoms with E-state index in [2.05, 4.69) is 5.32 Å². The van der Waals surface area contributed by atoms with Gasteiger partial charge in [0.05, 0.1) is 21.6 Å². The molecule has 1 fully saturated rings. The van der Waals surface area contributed by atoms with Crippen LogP contribution in [-0.2, 0) is 9.59 Å². The van der Waals surface area contributed by atoms with Crippen LogP contribution in [0.4, 0.5) is 17.1 Å². The molecule has 0 unspecified atom stereocenters. The highest BCUT2D eigenvalue weighted by molar-refractivity contribution is 6.34. The zero-order valence-electron chi connectivity index (χ0n) is 14.2. The molecule has 0 spiro atoms. The molecule has 1 saturated heterocycles. The van der Waals surface area contributed by atoms with E-state index in [4.69, 9.17) is 23.2 Å². The molecule has 140 valence electrons. The second-order valence-electron chi connectivity index (χ2n) is 6.25. The largest absolute Gasteiger partial charge is 0.324 e. The molecule has 7 nitrogen and oxygen atoms in total.